The molecule has 0 radical (unpaired) electrons. The number of aryl methyl sites for hydroxylation is 1. The van der Waals surface area contributed by atoms with Gasteiger partial charge in [0.05, 0.1) is 22.8 Å². The summed E-state index contributed by atoms with van der Waals surface area (Å²) in [6.07, 6.45) is 0. The Morgan fingerprint density at radius 1 is 1.13 bits per heavy atom. The molecule has 1 aromatic carbocycles. The number of rotatable bonds is 6. The quantitative estimate of drug-likeness (QED) is 0.685. The summed E-state index contributed by atoms with van der Waals surface area (Å²) in [7, 11) is 1.57. The molecule has 0 spiro atoms. The highest BCUT2D eigenvalue weighted by Gasteiger charge is 2.16. The van der Waals surface area contributed by atoms with Crippen LogP contribution in [0.5, 0.6) is 0 Å². The van der Waals surface area contributed by atoms with Gasteiger partial charge < -0.3 is 16.0 Å². The molecule has 0 aliphatic carbocycles. The van der Waals surface area contributed by atoms with E-state index >= 15 is 0 Å². The normalized spacial score (nSPS) is 10.4. The van der Waals surface area contributed by atoms with Gasteiger partial charge in [0.2, 0.25) is 0 Å². The Hall–Kier alpha value is -2.67. The highest BCUT2D eigenvalue weighted by Crippen LogP contribution is 2.22. The van der Waals surface area contributed by atoms with Crippen LogP contribution in [0.2, 0.25) is 0 Å². The lowest BCUT2D eigenvalue weighted by Crippen LogP contribution is -2.88. The molecule has 0 unspecified atom stereocenters. The van der Waals surface area contributed by atoms with Gasteiger partial charge in [0.25, 0.3) is 11.8 Å². The molecule has 2 rings (SSSR count). The lowest BCUT2D eigenvalue weighted by Gasteiger charge is -2.06. The van der Waals surface area contributed by atoms with Crippen molar-refractivity contribution in [2.75, 3.05) is 25.5 Å². The van der Waals surface area contributed by atoms with E-state index in [0.717, 1.165) is 17.1 Å². The van der Waals surface area contributed by atoms with Crippen LogP contribution in [0.1, 0.15) is 11.4 Å². The molecule has 0 aliphatic rings. The smallest absolute Gasteiger partial charge is 0.279 e. The largest absolute Gasteiger partial charge is 0.354 e. The number of anilines is 1. The van der Waals surface area contributed by atoms with E-state index in [1.807, 2.05) is 44.2 Å². The molecule has 0 aliphatic heterocycles. The third-order valence-electron chi connectivity index (χ3n) is 3.49. The topological polar surface area (TPSA) is 92.6 Å². The van der Waals surface area contributed by atoms with Crippen LogP contribution in [0, 0.1) is 13.8 Å². The van der Waals surface area contributed by atoms with Crippen LogP contribution in [0.25, 0.3) is 5.69 Å². The molecule has 0 saturated carbocycles. The van der Waals surface area contributed by atoms with Crippen molar-refractivity contribution in [1.82, 2.24) is 15.1 Å². The number of para-hydroxylation sites is 1. The van der Waals surface area contributed by atoms with Crippen molar-refractivity contribution in [3.8, 4) is 5.69 Å². The standard InChI is InChI=1S/C16H21N5O2/c1-11-16(19-15(23)10-18-9-14(22)17-3)12(2)21(20-11)13-7-5-4-6-8-13/h4-8,18H,9-10H2,1-3H3,(H,17,22)(H,19,23)/p+1. The Balaban J connectivity index is 2.05. The van der Waals surface area contributed by atoms with E-state index in [2.05, 4.69) is 15.7 Å². The van der Waals surface area contributed by atoms with E-state index < -0.39 is 0 Å². The predicted octanol–water partition coefficient (Wildman–Crippen LogP) is -0.263. The third-order valence-corrected chi connectivity index (χ3v) is 3.49. The maximum atomic E-state index is 12.0. The first-order chi connectivity index (χ1) is 11.0. The number of hydrogen-bond acceptors (Lipinski definition) is 3. The van der Waals surface area contributed by atoms with Crippen LogP contribution in [-0.2, 0) is 9.59 Å². The SMILES string of the molecule is CNC(=O)C[NH2+]CC(=O)Nc1c(C)nn(-c2ccccc2)c1C. The third kappa shape index (κ3) is 4.17. The molecule has 0 atom stereocenters. The van der Waals surface area contributed by atoms with Crippen LogP contribution in [0.15, 0.2) is 30.3 Å². The second-order valence-corrected chi connectivity index (χ2v) is 5.21. The second-order valence-electron chi connectivity index (χ2n) is 5.21. The summed E-state index contributed by atoms with van der Waals surface area (Å²) in [5.74, 6) is -0.269. The molecule has 122 valence electrons. The van der Waals surface area contributed by atoms with Crippen molar-refractivity contribution in [2.45, 2.75) is 13.8 Å². The van der Waals surface area contributed by atoms with E-state index in [1.165, 1.54) is 0 Å². The zero-order valence-corrected chi connectivity index (χ0v) is 13.6. The van der Waals surface area contributed by atoms with Crippen LogP contribution in [-0.4, -0.2) is 41.7 Å². The molecular weight excluding hydrogens is 294 g/mol. The summed E-state index contributed by atoms with van der Waals surface area (Å²) in [5, 5.41) is 11.5. The fraction of sp³-hybridized carbons (Fsp3) is 0.312. The molecule has 1 heterocycles. The van der Waals surface area contributed by atoms with Crippen LogP contribution >= 0.6 is 0 Å². The number of nitrogens with two attached hydrogens (primary N) is 1. The molecule has 1 aromatic heterocycles. The van der Waals surface area contributed by atoms with Crippen LogP contribution in [0.3, 0.4) is 0 Å². The number of hydrogen-bond donors (Lipinski definition) is 3. The minimum absolute atomic E-state index is 0.109. The van der Waals surface area contributed by atoms with Gasteiger partial charge in [-0.15, -0.1) is 0 Å². The zero-order valence-electron chi connectivity index (χ0n) is 13.6. The number of amides is 2. The number of likely N-dealkylation sites (N-methyl/N-ethyl adjacent to an activating group) is 1. The molecule has 2 amide bonds. The van der Waals surface area contributed by atoms with E-state index in [9.17, 15) is 9.59 Å². The zero-order chi connectivity index (χ0) is 16.8. The first-order valence-electron chi connectivity index (χ1n) is 7.46. The van der Waals surface area contributed by atoms with E-state index in [1.54, 1.807) is 17.0 Å². The van der Waals surface area contributed by atoms with Crippen molar-refractivity contribution < 1.29 is 14.9 Å². The molecule has 0 fully saturated rings. The Bertz CT molecular complexity index is 694. The van der Waals surface area contributed by atoms with E-state index in [0.29, 0.717) is 5.69 Å². The molecule has 2 aromatic rings. The van der Waals surface area contributed by atoms with Gasteiger partial charge >= 0.3 is 0 Å². The van der Waals surface area contributed by atoms with Gasteiger partial charge in [-0.25, -0.2) is 4.68 Å². The van der Waals surface area contributed by atoms with Crippen molar-refractivity contribution >= 4 is 17.5 Å². The number of nitrogens with one attached hydrogen (secondary N) is 2. The molecule has 7 nitrogen and oxygen atoms in total. The number of quaternary nitrogens is 1. The maximum Gasteiger partial charge on any atom is 0.279 e. The van der Waals surface area contributed by atoms with E-state index in [4.69, 9.17) is 0 Å². The summed E-state index contributed by atoms with van der Waals surface area (Å²) in [6, 6.07) is 9.75. The Kier molecular flexibility index (Phi) is 5.48. The highest BCUT2D eigenvalue weighted by molar-refractivity contribution is 5.92. The van der Waals surface area contributed by atoms with Gasteiger partial charge in [-0.05, 0) is 26.0 Å². The molecular formula is C16H22N5O2+. The maximum absolute atomic E-state index is 12.0. The molecule has 0 saturated heterocycles. The summed E-state index contributed by atoms with van der Waals surface area (Å²) in [5.41, 5.74) is 3.28. The van der Waals surface area contributed by atoms with Crippen molar-refractivity contribution in [3.63, 3.8) is 0 Å². The Morgan fingerprint density at radius 3 is 2.43 bits per heavy atom. The summed E-state index contributed by atoms with van der Waals surface area (Å²) >= 11 is 0. The average Bonchev–Trinajstić information content (AvgIpc) is 2.83. The lowest BCUT2D eigenvalue weighted by molar-refractivity contribution is -0.632. The number of carbonyl (C=O) groups is 2. The fourth-order valence-corrected chi connectivity index (χ4v) is 2.27. The predicted molar refractivity (Wildman–Crippen MR) is 87.4 cm³/mol. The Morgan fingerprint density at radius 2 is 1.78 bits per heavy atom. The number of carbonyl (C=O) groups excluding carboxylic acids is 2. The molecule has 7 heteroatoms. The number of benzene rings is 1. The lowest BCUT2D eigenvalue weighted by atomic mass is 10.3. The average molecular weight is 316 g/mol. The molecule has 4 N–H and O–H groups in total. The van der Waals surface area contributed by atoms with Crippen molar-refractivity contribution in [1.29, 1.82) is 0 Å². The minimum atomic E-state index is -0.160. The minimum Gasteiger partial charge on any atom is -0.354 e. The second kappa shape index (κ2) is 7.55. The van der Waals surface area contributed by atoms with Gasteiger partial charge in [0.15, 0.2) is 13.1 Å². The van der Waals surface area contributed by atoms with Gasteiger partial charge in [-0.3, -0.25) is 9.59 Å². The summed E-state index contributed by atoms with van der Waals surface area (Å²) < 4.78 is 1.80. The number of aromatic nitrogens is 2. The monoisotopic (exact) mass is 316 g/mol. The van der Waals surface area contributed by atoms with Crippen molar-refractivity contribution in [3.05, 3.63) is 41.7 Å². The Labute approximate surface area is 135 Å². The highest BCUT2D eigenvalue weighted by atomic mass is 16.2. The van der Waals surface area contributed by atoms with Crippen LogP contribution < -0.4 is 16.0 Å². The first-order valence-corrected chi connectivity index (χ1v) is 7.46. The first kappa shape index (κ1) is 16.7. The summed E-state index contributed by atoms with van der Waals surface area (Å²) in [4.78, 5) is 23.2. The molecule has 23 heavy (non-hydrogen) atoms. The van der Waals surface area contributed by atoms with Gasteiger partial charge in [-0.2, -0.15) is 5.10 Å². The van der Waals surface area contributed by atoms with Crippen LogP contribution in [0.4, 0.5) is 5.69 Å². The van der Waals surface area contributed by atoms with Gasteiger partial charge in [0, 0.05) is 7.05 Å². The summed E-state index contributed by atoms with van der Waals surface area (Å²) in [6.45, 7) is 4.18. The van der Waals surface area contributed by atoms with E-state index in [-0.39, 0.29) is 24.9 Å². The fourth-order valence-electron chi connectivity index (χ4n) is 2.27. The molecule has 0 bridgehead atoms. The van der Waals surface area contributed by atoms with Gasteiger partial charge in [-0.1, -0.05) is 18.2 Å². The number of nitrogens with zero attached hydrogens (tertiary/aromatic N) is 2. The van der Waals surface area contributed by atoms with Gasteiger partial charge in [0.1, 0.15) is 0 Å². The van der Waals surface area contributed by atoms with Crippen molar-refractivity contribution in [2.24, 2.45) is 0 Å².